The first-order valence-electron chi connectivity index (χ1n) is 9.21. The normalized spacial score (nSPS) is 27.5. The summed E-state index contributed by atoms with van der Waals surface area (Å²) in [6.45, 7) is 10.8. The molecule has 2 unspecified atom stereocenters. The molecule has 2 bridgehead atoms. The highest BCUT2D eigenvalue weighted by molar-refractivity contribution is 5.94. The lowest BCUT2D eigenvalue weighted by molar-refractivity contribution is -0.0164. The number of hydrogen-bond acceptors (Lipinski definition) is 4. The van der Waals surface area contributed by atoms with E-state index in [4.69, 9.17) is 10.6 Å². The fraction of sp³-hybridized carbons (Fsp3) is 0.600. The summed E-state index contributed by atoms with van der Waals surface area (Å²) >= 11 is 0. The molecule has 1 aliphatic heterocycles. The fourth-order valence-corrected chi connectivity index (χ4v) is 4.39. The van der Waals surface area contributed by atoms with Crippen LogP contribution < -0.4 is 11.3 Å². The molecular weight excluding hydrogens is 330 g/mol. The second-order valence-corrected chi connectivity index (χ2v) is 8.75. The Kier molecular flexibility index (Phi) is 4.51. The van der Waals surface area contributed by atoms with E-state index in [0.717, 1.165) is 12.8 Å². The van der Waals surface area contributed by atoms with Gasteiger partial charge in [0.25, 0.3) is 5.91 Å². The van der Waals surface area contributed by atoms with Crippen LogP contribution in [0.15, 0.2) is 18.2 Å². The zero-order valence-electron chi connectivity index (χ0n) is 16.3. The van der Waals surface area contributed by atoms with Crippen LogP contribution in [0, 0.1) is 5.92 Å². The van der Waals surface area contributed by atoms with Crippen molar-refractivity contribution < 1.29 is 14.3 Å². The Morgan fingerprint density at radius 1 is 1.35 bits per heavy atom. The Labute approximate surface area is 155 Å². The molecular formula is C20H29N3O3. The molecule has 2 aliphatic rings. The molecule has 1 aliphatic carbocycles. The Balaban J connectivity index is 1.95. The third-order valence-electron chi connectivity index (χ3n) is 6.03. The largest absolute Gasteiger partial charge is 0.444 e. The zero-order valence-corrected chi connectivity index (χ0v) is 16.3. The molecule has 0 radical (unpaired) electrons. The molecule has 0 aromatic heterocycles. The van der Waals surface area contributed by atoms with Gasteiger partial charge in [-0.3, -0.25) is 10.2 Å². The van der Waals surface area contributed by atoms with E-state index in [1.165, 1.54) is 11.1 Å². The Hall–Kier alpha value is -2.08. The van der Waals surface area contributed by atoms with E-state index in [1.807, 2.05) is 37.8 Å². The van der Waals surface area contributed by atoms with Gasteiger partial charge in [0.2, 0.25) is 0 Å². The predicted molar refractivity (Wildman–Crippen MR) is 99.7 cm³/mol. The third-order valence-corrected chi connectivity index (χ3v) is 6.03. The van der Waals surface area contributed by atoms with Crippen molar-refractivity contribution in [1.82, 2.24) is 10.3 Å². The molecule has 1 heterocycles. The summed E-state index contributed by atoms with van der Waals surface area (Å²) in [4.78, 5) is 26.5. The number of carbonyl (C=O) groups is 2. The van der Waals surface area contributed by atoms with E-state index in [0.29, 0.717) is 12.1 Å². The monoisotopic (exact) mass is 359 g/mol. The molecule has 1 aromatic rings. The number of nitrogen functional groups attached to an aromatic ring is 1. The van der Waals surface area contributed by atoms with Gasteiger partial charge in [0.05, 0.1) is 0 Å². The van der Waals surface area contributed by atoms with E-state index in [-0.39, 0.29) is 29.4 Å². The average Bonchev–Trinajstić information content (AvgIpc) is 2.55. The Morgan fingerprint density at radius 2 is 2.04 bits per heavy atom. The molecule has 3 rings (SSSR count). The molecule has 26 heavy (non-hydrogen) atoms. The minimum Gasteiger partial charge on any atom is -0.444 e. The van der Waals surface area contributed by atoms with Crippen molar-refractivity contribution in [3.63, 3.8) is 0 Å². The summed E-state index contributed by atoms with van der Waals surface area (Å²) in [7, 11) is 0. The van der Waals surface area contributed by atoms with Crippen molar-refractivity contribution in [2.75, 3.05) is 6.54 Å². The maximum absolute atomic E-state index is 12.7. The van der Waals surface area contributed by atoms with Crippen LogP contribution in [-0.2, 0) is 16.6 Å². The summed E-state index contributed by atoms with van der Waals surface area (Å²) in [6.07, 6.45) is 1.37. The number of nitrogens with two attached hydrogens (primary N) is 1. The summed E-state index contributed by atoms with van der Waals surface area (Å²) in [5, 5.41) is 0. The van der Waals surface area contributed by atoms with Crippen LogP contribution in [0.3, 0.4) is 0 Å². The molecule has 6 nitrogen and oxygen atoms in total. The van der Waals surface area contributed by atoms with Crippen LogP contribution >= 0.6 is 0 Å². The van der Waals surface area contributed by atoms with Crippen molar-refractivity contribution >= 4 is 12.0 Å². The predicted octanol–water partition coefficient (Wildman–Crippen LogP) is 2.75. The number of rotatable bonds is 1. The maximum atomic E-state index is 12.7. The van der Waals surface area contributed by atoms with E-state index < -0.39 is 5.60 Å². The number of benzene rings is 1. The maximum Gasteiger partial charge on any atom is 0.410 e. The zero-order chi connectivity index (χ0) is 19.3. The second kappa shape index (κ2) is 6.27. The molecule has 3 N–H and O–H groups in total. The van der Waals surface area contributed by atoms with E-state index in [9.17, 15) is 9.59 Å². The van der Waals surface area contributed by atoms with Gasteiger partial charge in [0.15, 0.2) is 0 Å². The van der Waals surface area contributed by atoms with Gasteiger partial charge in [-0.1, -0.05) is 19.9 Å². The first kappa shape index (κ1) is 18.7. The molecule has 6 heteroatoms. The number of fused-ring (bicyclic) bond motifs is 4. The van der Waals surface area contributed by atoms with Crippen molar-refractivity contribution in [2.45, 2.75) is 64.5 Å². The van der Waals surface area contributed by atoms with Crippen molar-refractivity contribution in [1.29, 1.82) is 0 Å². The van der Waals surface area contributed by atoms with Crippen LogP contribution in [0.1, 0.15) is 62.5 Å². The van der Waals surface area contributed by atoms with Gasteiger partial charge in [0, 0.05) is 18.2 Å². The molecule has 2 amide bonds. The Morgan fingerprint density at radius 3 is 2.65 bits per heavy atom. The fourth-order valence-electron chi connectivity index (χ4n) is 4.39. The van der Waals surface area contributed by atoms with Gasteiger partial charge >= 0.3 is 6.09 Å². The van der Waals surface area contributed by atoms with Crippen LogP contribution in [0.2, 0.25) is 0 Å². The van der Waals surface area contributed by atoms with Gasteiger partial charge in [0.1, 0.15) is 5.60 Å². The smallest absolute Gasteiger partial charge is 0.410 e. The van der Waals surface area contributed by atoms with Gasteiger partial charge in [-0.15, -0.1) is 0 Å². The molecule has 3 atom stereocenters. The summed E-state index contributed by atoms with van der Waals surface area (Å²) in [5.41, 5.74) is 4.59. The third kappa shape index (κ3) is 3.07. The molecule has 0 saturated carbocycles. The number of hydrazine groups is 1. The number of nitrogens with one attached hydrogen (secondary N) is 1. The van der Waals surface area contributed by atoms with Gasteiger partial charge in [-0.2, -0.15) is 0 Å². The number of piperidine rings is 1. The van der Waals surface area contributed by atoms with E-state index >= 15 is 0 Å². The van der Waals surface area contributed by atoms with E-state index in [2.05, 4.69) is 19.3 Å². The lowest BCUT2D eigenvalue weighted by Gasteiger charge is -2.54. The van der Waals surface area contributed by atoms with Gasteiger partial charge in [-0.05, 0) is 68.2 Å². The minimum atomic E-state index is -0.502. The highest BCUT2D eigenvalue weighted by Gasteiger charge is 2.50. The first-order chi connectivity index (χ1) is 12.1. The van der Waals surface area contributed by atoms with Crippen LogP contribution in [0.4, 0.5) is 4.79 Å². The van der Waals surface area contributed by atoms with Crippen molar-refractivity contribution in [3.05, 3.63) is 34.9 Å². The molecule has 1 aromatic carbocycles. The lowest BCUT2D eigenvalue weighted by atomic mass is 9.59. The molecule has 1 fully saturated rings. The standard InChI is InChI=1S/C20H29N3O3/c1-12-16-11-13-6-7-14(17(24)22-21)10-15(13)20(12,5)8-9-23(16)18(25)26-19(2,3)4/h6-7,10,12,16H,8-9,11,21H2,1-5H3,(H,22,24)/t12?,16?,20-/m1/s1. The van der Waals surface area contributed by atoms with Crippen molar-refractivity contribution in [3.8, 4) is 0 Å². The quantitative estimate of drug-likeness (QED) is 0.459. The minimum absolute atomic E-state index is 0.0817. The van der Waals surface area contributed by atoms with Gasteiger partial charge < -0.3 is 9.64 Å². The number of nitrogens with zero attached hydrogens (tertiary/aromatic N) is 1. The number of carbonyl (C=O) groups excluding carboxylic acids is 2. The number of ether oxygens (including phenoxy) is 1. The first-order valence-corrected chi connectivity index (χ1v) is 9.21. The highest BCUT2D eigenvalue weighted by atomic mass is 16.6. The number of likely N-dealkylation sites (tertiary alicyclic amines) is 1. The average molecular weight is 359 g/mol. The molecule has 0 spiro atoms. The van der Waals surface area contributed by atoms with Crippen LogP contribution in [0.5, 0.6) is 0 Å². The highest BCUT2D eigenvalue weighted by Crippen LogP contribution is 2.49. The number of amides is 2. The number of hydrogen-bond donors (Lipinski definition) is 2. The topological polar surface area (TPSA) is 84.7 Å². The van der Waals surface area contributed by atoms with Gasteiger partial charge in [-0.25, -0.2) is 10.6 Å². The SMILES string of the molecule is CC1C2Cc3ccc(C(=O)NN)cc3[C@]1(C)CCN2C(=O)OC(C)(C)C. The summed E-state index contributed by atoms with van der Waals surface area (Å²) in [5.74, 6) is 5.28. The molecule has 1 saturated heterocycles. The second-order valence-electron chi connectivity index (χ2n) is 8.75. The molecule has 142 valence electrons. The van der Waals surface area contributed by atoms with Crippen LogP contribution in [-0.4, -0.2) is 35.1 Å². The van der Waals surface area contributed by atoms with Crippen LogP contribution in [0.25, 0.3) is 0 Å². The lowest BCUT2D eigenvalue weighted by Crippen LogP contribution is -2.60. The summed E-state index contributed by atoms with van der Waals surface area (Å²) < 4.78 is 5.62. The van der Waals surface area contributed by atoms with E-state index in [1.54, 1.807) is 6.07 Å². The Bertz CT molecular complexity index is 740. The summed E-state index contributed by atoms with van der Waals surface area (Å²) in [6, 6.07) is 5.86. The van der Waals surface area contributed by atoms with Crippen molar-refractivity contribution in [2.24, 2.45) is 11.8 Å².